The van der Waals surface area contributed by atoms with Crippen molar-refractivity contribution in [3.63, 3.8) is 0 Å². The predicted molar refractivity (Wildman–Crippen MR) is 74.8 cm³/mol. The van der Waals surface area contributed by atoms with Gasteiger partial charge in [-0.2, -0.15) is 0 Å². The highest BCUT2D eigenvalue weighted by Gasteiger charge is 2.18. The fourth-order valence-corrected chi connectivity index (χ4v) is 2.89. The van der Waals surface area contributed by atoms with Crippen LogP contribution in [0.2, 0.25) is 0 Å². The van der Waals surface area contributed by atoms with Crippen LogP contribution in [0.25, 0.3) is 0 Å². The lowest BCUT2D eigenvalue weighted by Crippen LogP contribution is -2.32. The van der Waals surface area contributed by atoms with E-state index in [4.69, 9.17) is 0 Å². The van der Waals surface area contributed by atoms with Crippen LogP contribution in [0.1, 0.15) is 42.5 Å². The zero-order valence-corrected chi connectivity index (χ0v) is 11.6. The number of hydrogen-bond acceptors (Lipinski definition) is 2. The summed E-state index contributed by atoms with van der Waals surface area (Å²) in [5, 5.41) is 0. The van der Waals surface area contributed by atoms with Gasteiger partial charge in [-0.15, -0.1) is 0 Å². The highest BCUT2D eigenvalue weighted by Crippen LogP contribution is 2.24. The lowest BCUT2D eigenvalue weighted by Gasteiger charge is -2.26. The molecule has 2 rings (SSSR count). The summed E-state index contributed by atoms with van der Waals surface area (Å²) < 4.78 is 13.5. The summed E-state index contributed by atoms with van der Waals surface area (Å²) in [7, 11) is 1.95. The molecule has 0 aromatic heterocycles. The average Bonchev–Trinajstić information content (AvgIpc) is 2.40. The molecule has 1 aromatic carbocycles. The smallest absolute Gasteiger partial charge is 0.179 e. The van der Waals surface area contributed by atoms with Crippen molar-refractivity contribution < 1.29 is 9.18 Å². The van der Waals surface area contributed by atoms with Gasteiger partial charge in [0.15, 0.2) is 5.78 Å². The predicted octanol–water partition coefficient (Wildman–Crippen LogP) is 3.52. The molecule has 0 heterocycles. The molecule has 0 bridgehead atoms. The van der Waals surface area contributed by atoms with E-state index in [-0.39, 0.29) is 11.3 Å². The largest absolute Gasteiger partial charge is 0.299 e. The van der Waals surface area contributed by atoms with Crippen LogP contribution >= 0.6 is 0 Å². The summed E-state index contributed by atoms with van der Waals surface area (Å²) in [6, 6.07) is 6.22. The standard InChI is InChI=1S/C16H22FNO/c1-18(11-13-7-3-2-4-8-13)12-16(19)14-9-5-6-10-15(14)17/h5-6,9-10,13H,2-4,7-8,11-12H2,1H3. The third kappa shape index (κ3) is 4.13. The Balaban J connectivity index is 1.86. The van der Waals surface area contributed by atoms with Gasteiger partial charge in [0.25, 0.3) is 0 Å². The number of rotatable bonds is 5. The highest BCUT2D eigenvalue weighted by molar-refractivity contribution is 5.97. The molecule has 0 saturated heterocycles. The van der Waals surface area contributed by atoms with Crippen LogP contribution < -0.4 is 0 Å². The summed E-state index contributed by atoms with van der Waals surface area (Å²) in [4.78, 5) is 14.1. The normalized spacial score (nSPS) is 16.8. The molecule has 1 aliphatic rings. The monoisotopic (exact) mass is 263 g/mol. The zero-order valence-electron chi connectivity index (χ0n) is 11.6. The number of carbonyl (C=O) groups excluding carboxylic acids is 1. The summed E-state index contributed by atoms with van der Waals surface area (Å²) in [6.07, 6.45) is 6.48. The molecule has 0 radical (unpaired) electrons. The van der Waals surface area contributed by atoms with Crippen LogP contribution in [0, 0.1) is 11.7 Å². The summed E-state index contributed by atoms with van der Waals surface area (Å²) in [5.41, 5.74) is 0.206. The van der Waals surface area contributed by atoms with E-state index >= 15 is 0 Å². The van der Waals surface area contributed by atoms with Crippen molar-refractivity contribution in [3.8, 4) is 0 Å². The van der Waals surface area contributed by atoms with Crippen LogP contribution in [-0.2, 0) is 0 Å². The second-order valence-electron chi connectivity index (χ2n) is 5.60. The van der Waals surface area contributed by atoms with Gasteiger partial charge in [0, 0.05) is 6.54 Å². The van der Waals surface area contributed by atoms with Crippen LogP contribution in [0.5, 0.6) is 0 Å². The molecule has 1 saturated carbocycles. The second-order valence-corrected chi connectivity index (χ2v) is 5.60. The number of carbonyl (C=O) groups is 1. The Morgan fingerprint density at radius 2 is 1.95 bits per heavy atom. The van der Waals surface area contributed by atoms with E-state index < -0.39 is 5.82 Å². The molecular formula is C16H22FNO. The fraction of sp³-hybridized carbons (Fsp3) is 0.562. The number of ketones is 1. The number of hydrogen-bond donors (Lipinski definition) is 0. The van der Waals surface area contributed by atoms with Gasteiger partial charge >= 0.3 is 0 Å². The molecular weight excluding hydrogens is 241 g/mol. The Kier molecular flexibility index (Phi) is 5.08. The van der Waals surface area contributed by atoms with E-state index in [2.05, 4.69) is 0 Å². The summed E-state index contributed by atoms with van der Waals surface area (Å²) in [5.74, 6) is 0.155. The first-order chi connectivity index (χ1) is 9.16. The molecule has 104 valence electrons. The Labute approximate surface area is 114 Å². The minimum absolute atomic E-state index is 0.128. The number of Topliss-reactive ketones (excluding diaryl/α,β-unsaturated/α-hetero) is 1. The van der Waals surface area contributed by atoms with Gasteiger partial charge < -0.3 is 0 Å². The van der Waals surface area contributed by atoms with Gasteiger partial charge in [-0.3, -0.25) is 9.69 Å². The maximum absolute atomic E-state index is 13.5. The van der Waals surface area contributed by atoms with Crippen molar-refractivity contribution in [2.75, 3.05) is 20.1 Å². The first-order valence-electron chi connectivity index (χ1n) is 7.13. The Morgan fingerprint density at radius 3 is 2.63 bits per heavy atom. The van der Waals surface area contributed by atoms with Gasteiger partial charge in [0.2, 0.25) is 0 Å². The zero-order chi connectivity index (χ0) is 13.7. The SMILES string of the molecule is CN(CC(=O)c1ccccc1F)CC1CCCCC1. The fourth-order valence-electron chi connectivity index (χ4n) is 2.89. The third-order valence-corrected chi connectivity index (χ3v) is 3.88. The molecule has 0 N–H and O–H groups in total. The van der Waals surface area contributed by atoms with E-state index in [9.17, 15) is 9.18 Å². The van der Waals surface area contributed by atoms with Crippen molar-refractivity contribution in [1.82, 2.24) is 4.90 Å². The number of benzene rings is 1. The van der Waals surface area contributed by atoms with Crippen LogP contribution in [-0.4, -0.2) is 30.8 Å². The van der Waals surface area contributed by atoms with Crippen LogP contribution in [0.3, 0.4) is 0 Å². The Hall–Kier alpha value is -1.22. The summed E-state index contributed by atoms with van der Waals surface area (Å²) in [6.45, 7) is 1.25. The quantitative estimate of drug-likeness (QED) is 0.758. The number of likely N-dealkylation sites (N-methyl/N-ethyl adjacent to an activating group) is 1. The Bertz CT molecular complexity index is 427. The first-order valence-corrected chi connectivity index (χ1v) is 7.13. The molecule has 1 aromatic rings. The highest BCUT2D eigenvalue weighted by atomic mass is 19.1. The molecule has 1 fully saturated rings. The second kappa shape index (κ2) is 6.80. The maximum atomic E-state index is 13.5. The van der Waals surface area contributed by atoms with E-state index in [1.807, 2.05) is 11.9 Å². The maximum Gasteiger partial charge on any atom is 0.179 e. The van der Waals surface area contributed by atoms with Crippen LogP contribution in [0.4, 0.5) is 4.39 Å². The van der Waals surface area contributed by atoms with E-state index in [1.54, 1.807) is 18.2 Å². The molecule has 0 unspecified atom stereocenters. The topological polar surface area (TPSA) is 20.3 Å². The van der Waals surface area contributed by atoms with E-state index in [0.29, 0.717) is 12.5 Å². The van der Waals surface area contributed by atoms with Crippen molar-refractivity contribution in [1.29, 1.82) is 0 Å². The van der Waals surface area contributed by atoms with Crippen LogP contribution in [0.15, 0.2) is 24.3 Å². The van der Waals surface area contributed by atoms with E-state index in [0.717, 1.165) is 6.54 Å². The van der Waals surface area contributed by atoms with E-state index in [1.165, 1.54) is 38.2 Å². The average molecular weight is 263 g/mol. The lowest BCUT2D eigenvalue weighted by molar-refractivity contribution is 0.0928. The van der Waals surface area contributed by atoms with Crippen molar-refractivity contribution >= 4 is 5.78 Å². The third-order valence-electron chi connectivity index (χ3n) is 3.88. The van der Waals surface area contributed by atoms with Crippen molar-refractivity contribution in [3.05, 3.63) is 35.6 Å². The van der Waals surface area contributed by atoms with Gasteiger partial charge in [0.1, 0.15) is 5.82 Å². The van der Waals surface area contributed by atoms with Gasteiger partial charge in [0.05, 0.1) is 12.1 Å². The minimum Gasteiger partial charge on any atom is -0.299 e. The number of halogens is 1. The molecule has 19 heavy (non-hydrogen) atoms. The molecule has 0 aliphatic heterocycles. The first kappa shape index (κ1) is 14.2. The van der Waals surface area contributed by atoms with Gasteiger partial charge in [-0.1, -0.05) is 31.4 Å². The molecule has 0 spiro atoms. The van der Waals surface area contributed by atoms with Crippen molar-refractivity contribution in [2.45, 2.75) is 32.1 Å². The summed E-state index contributed by atoms with van der Waals surface area (Å²) >= 11 is 0. The molecule has 0 amide bonds. The lowest BCUT2D eigenvalue weighted by atomic mass is 9.89. The molecule has 3 heteroatoms. The van der Waals surface area contributed by atoms with Gasteiger partial charge in [-0.05, 0) is 37.9 Å². The molecule has 0 atom stereocenters. The number of nitrogens with zero attached hydrogens (tertiary/aromatic N) is 1. The molecule has 2 nitrogen and oxygen atoms in total. The minimum atomic E-state index is -0.418. The molecule has 1 aliphatic carbocycles. The Morgan fingerprint density at radius 1 is 1.26 bits per heavy atom. The van der Waals surface area contributed by atoms with Crippen molar-refractivity contribution in [2.24, 2.45) is 5.92 Å². The van der Waals surface area contributed by atoms with Gasteiger partial charge in [-0.25, -0.2) is 4.39 Å².